The monoisotopic (exact) mass is 531 g/mol. The molecule has 160 valence electrons. The number of halogens is 4. The van der Waals surface area contributed by atoms with Crippen LogP contribution in [0.5, 0.6) is 0 Å². The number of hydrogen-bond acceptors (Lipinski definition) is 4. The Kier molecular flexibility index (Phi) is 9.26. The lowest BCUT2D eigenvalue weighted by Gasteiger charge is -2.29. The average Bonchev–Trinajstić information content (AvgIpc) is 3.29. The predicted octanol–water partition coefficient (Wildman–Crippen LogP) is 4.05. The molecule has 2 fully saturated rings. The number of aromatic nitrogens is 1. The molecule has 1 atom stereocenters. The Morgan fingerprint density at radius 1 is 1.29 bits per heavy atom. The molecular formula is C18H29F3IN5S. The van der Waals surface area contributed by atoms with Crippen molar-refractivity contribution in [1.29, 1.82) is 0 Å². The maximum Gasteiger partial charge on any atom is 0.434 e. The van der Waals surface area contributed by atoms with E-state index in [0.29, 0.717) is 10.9 Å². The summed E-state index contributed by atoms with van der Waals surface area (Å²) in [6, 6.07) is 0. The SMILES string of the molecule is CCNC(=NCc1nc(C(F)(F)F)cs1)N1CCC(CN2CCCCC2)C1.I. The van der Waals surface area contributed by atoms with Crippen molar-refractivity contribution in [2.45, 2.75) is 45.3 Å². The van der Waals surface area contributed by atoms with Crippen LogP contribution in [0.1, 0.15) is 43.3 Å². The van der Waals surface area contributed by atoms with E-state index in [1.165, 1.54) is 32.4 Å². The van der Waals surface area contributed by atoms with Crippen LogP contribution in [0.2, 0.25) is 0 Å². The first-order chi connectivity index (χ1) is 13.0. The predicted molar refractivity (Wildman–Crippen MR) is 117 cm³/mol. The van der Waals surface area contributed by atoms with Gasteiger partial charge in [0.2, 0.25) is 0 Å². The van der Waals surface area contributed by atoms with Crippen molar-refractivity contribution >= 4 is 41.3 Å². The van der Waals surface area contributed by atoms with E-state index in [1.807, 2.05) is 6.92 Å². The minimum absolute atomic E-state index is 0. The number of nitrogens with zero attached hydrogens (tertiary/aromatic N) is 4. The van der Waals surface area contributed by atoms with Gasteiger partial charge in [0.25, 0.3) is 0 Å². The second-order valence-electron chi connectivity index (χ2n) is 7.26. The van der Waals surface area contributed by atoms with Crippen LogP contribution in [-0.2, 0) is 12.7 Å². The minimum Gasteiger partial charge on any atom is -0.357 e. The first kappa shape index (κ1) is 23.7. The van der Waals surface area contributed by atoms with Gasteiger partial charge in [0.1, 0.15) is 5.01 Å². The fourth-order valence-electron chi connectivity index (χ4n) is 3.76. The highest BCUT2D eigenvalue weighted by molar-refractivity contribution is 14.0. The zero-order chi connectivity index (χ0) is 19.3. The van der Waals surface area contributed by atoms with E-state index in [9.17, 15) is 13.2 Å². The maximum absolute atomic E-state index is 12.7. The van der Waals surface area contributed by atoms with Crippen LogP contribution >= 0.6 is 35.3 Å². The summed E-state index contributed by atoms with van der Waals surface area (Å²) in [5.74, 6) is 1.41. The minimum atomic E-state index is -4.39. The van der Waals surface area contributed by atoms with Crippen molar-refractivity contribution in [1.82, 2.24) is 20.1 Å². The van der Waals surface area contributed by atoms with Crippen LogP contribution in [-0.4, -0.2) is 60.0 Å². The molecule has 1 unspecified atom stereocenters. The number of aliphatic imine (C=N–C) groups is 1. The molecule has 2 aliphatic heterocycles. The molecule has 5 nitrogen and oxygen atoms in total. The summed E-state index contributed by atoms with van der Waals surface area (Å²) >= 11 is 1.01. The summed E-state index contributed by atoms with van der Waals surface area (Å²) in [6.45, 7) is 8.35. The first-order valence-corrected chi connectivity index (χ1v) is 10.6. The molecule has 10 heteroatoms. The maximum atomic E-state index is 12.7. The second-order valence-corrected chi connectivity index (χ2v) is 8.20. The highest BCUT2D eigenvalue weighted by Gasteiger charge is 2.33. The highest BCUT2D eigenvalue weighted by atomic mass is 127. The van der Waals surface area contributed by atoms with Gasteiger partial charge in [-0.2, -0.15) is 13.2 Å². The quantitative estimate of drug-likeness (QED) is 0.354. The van der Waals surface area contributed by atoms with Gasteiger partial charge < -0.3 is 15.1 Å². The van der Waals surface area contributed by atoms with Gasteiger partial charge in [-0.15, -0.1) is 35.3 Å². The van der Waals surface area contributed by atoms with Crippen molar-refractivity contribution in [3.63, 3.8) is 0 Å². The van der Waals surface area contributed by atoms with E-state index < -0.39 is 11.9 Å². The lowest BCUT2D eigenvalue weighted by atomic mass is 10.1. The third-order valence-electron chi connectivity index (χ3n) is 5.09. The second kappa shape index (κ2) is 11.0. The Morgan fingerprint density at radius 3 is 2.68 bits per heavy atom. The van der Waals surface area contributed by atoms with Gasteiger partial charge in [0.05, 0.1) is 6.54 Å². The van der Waals surface area contributed by atoms with Crippen LogP contribution in [0, 0.1) is 5.92 Å². The van der Waals surface area contributed by atoms with E-state index in [4.69, 9.17) is 0 Å². The zero-order valence-corrected chi connectivity index (χ0v) is 19.3. The number of piperidine rings is 1. The summed E-state index contributed by atoms with van der Waals surface area (Å²) in [7, 11) is 0. The third-order valence-corrected chi connectivity index (χ3v) is 5.93. The smallest absolute Gasteiger partial charge is 0.357 e. The lowest BCUT2D eigenvalue weighted by molar-refractivity contribution is -0.140. The Balaban J connectivity index is 0.00000280. The molecule has 1 N–H and O–H groups in total. The molecule has 0 saturated carbocycles. The summed E-state index contributed by atoms with van der Waals surface area (Å²) in [5, 5.41) is 4.72. The number of alkyl halides is 3. The molecule has 2 saturated heterocycles. The summed E-state index contributed by atoms with van der Waals surface area (Å²) in [4.78, 5) is 13.0. The van der Waals surface area contributed by atoms with E-state index in [2.05, 4.69) is 25.1 Å². The molecule has 0 bridgehead atoms. The van der Waals surface area contributed by atoms with Gasteiger partial charge in [-0.25, -0.2) is 9.98 Å². The number of guanidine groups is 1. The van der Waals surface area contributed by atoms with Gasteiger partial charge in [-0.3, -0.25) is 0 Å². The molecule has 0 amide bonds. The van der Waals surface area contributed by atoms with Crippen LogP contribution < -0.4 is 5.32 Å². The van der Waals surface area contributed by atoms with Gasteiger partial charge in [0, 0.05) is 31.6 Å². The molecule has 0 aliphatic carbocycles. The van der Waals surface area contributed by atoms with E-state index in [1.54, 1.807) is 0 Å². The average molecular weight is 531 g/mol. The van der Waals surface area contributed by atoms with E-state index in [0.717, 1.165) is 55.3 Å². The van der Waals surface area contributed by atoms with Crippen molar-refractivity contribution < 1.29 is 13.2 Å². The Hall–Kier alpha value is -0.620. The molecule has 0 radical (unpaired) electrons. The molecule has 3 rings (SSSR count). The van der Waals surface area contributed by atoms with Gasteiger partial charge in [0.15, 0.2) is 11.7 Å². The Labute approximate surface area is 185 Å². The number of likely N-dealkylation sites (tertiary alicyclic amines) is 2. The Bertz CT molecular complexity index is 631. The highest BCUT2D eigenvalue weighted by Crippen LogP contribution is 2.30. The topological polar surface area (TPSA) is 43.8 Å². The zero-order valence-electron chi connectivity index (χ0n) is 16.2. The number of nitrogens with one attached hydrogen (secondary N) is 1. The third kappa shape index (κ3) is 6.72. The molecule has 0 spiro atoms. The number of rotatable bonds is 5. The summed E-state index contributed by atoms with van der Waals surface area (Å²) in [6.07, 6.45) is 0.690. The molecule has 2 aliphatic rings. The fourth-order valence-corrected chi connectivity index (χ4v) is 4.49. The van der Waals surface area contributed by atoms with Gasteiger partial charge in [-0.1, -0.05) is 6.42 Å². The molecule has 1 aromatic heterocycles. The molecule has 28 heavy (non-hydrogen) atoms. The van der Waals surface area contributed by atoms with Crippen molar-refractivity contribution in [3.05, 3.63) is 16.1 Å². The van der Waals surface area contributed by atoms with E-state index >= 15 is 0 Å². The van der Waals surface area contributed by atoms with Crippen molar-refractivity contribution in [2.75, 3.05) is 39.3 Å². The molecular weight excluding hydrogens is 502 g/mol. The normalized spacial score (nSPS) is 21.6. The van der Waals surface area contributed by atoms with E-state index in [-0.39, 0.29) is 30.5 Å². The standard InChI is InChI=1S/C18H28F3N5S.HI/c1-2-22-17(23-10-16-24-15(13-27-16)18(19,20)21)26-9-6-14(12-26)11-25-7-4-3-5-8-25;/h13-14H,2-12H2,1H3,(H,22,23);1H. The largest absolute Gasteiger partial charge is 0.434 e. The lowest BCUT2D eigenvalue weighted by Crippen LogP contribution is -2.41. The number of hydrogen-bond donors (Lipinski definition) is 1. The summed E-state index contributed by atoms with van der Waals surface area (Å²) < 4.78 is 38.1. The molecule has 1 aromatic rings. The molecule has 3 heterocycles. The summed E-state index contributed by atoms with van der Waals surface area (Å²) in [5.41, 5.74) is -0.828. The first-order valence-electron chi connectivity index (χ1n) is 9.73. The molecule has 0 aromatic carbocycles. The number of thiazole rings is 1. The Morgan fingerprint density at radius 2 is 2.04 bits per heavy atom. The van der Waals surface area contributed by atoms with Crippen molar-refractivity contribution in [2.24, 2.45) is 10.9 Å². The van der Waals surface area contributed by atoms with Crippen molar-refractivity contribution in [3.8, 4) is 0 Å². The van der Waals surface area contributed by atoms with Crippen LogP contribution in [0.25, 0.3) is 0 Å². The van der Waals surface area contributed by atoms with Gasteiger partial charge >= 0.3 is 6.18 Å². The fraction of sp³-hybridized carbons (Fsp3) is 0.778. The van der Waals surface area contributed by atoms with Crippen LogP contribution in [0.4, 0.5) is 13.2 Å². The van der Waals surface area contributed by atoms with Crippen LogP contribution in [0.3, 0.4) is 0 Å². The van der Waals surface area contributed by atoms with Gasteiger partial charge in [-0.05, 0) is 45.2 Å². The van der Waals surface area contributed by atoms with Crippen LogP contribution in [0.15, 0.2) is 10.4 Å².